The van der Waals surface area contributed by atoms with Gasteiger partial charge in [0.15, 0.2) is 11.5 Å². The maximum Gasteiger partial charge on any atom is 0.344 e. The molecule has 9 nitrogen and oxygen atoms in total. The summed E-state index contributed by atoms with van der Waals surface area (Å²) in [6, 6.07) is 0. The molecule has 150 valence electrons. The van der Waals surface area contributed by atoms with E-state index in [1.54, 1.807) is 6.33 Å². The highest BCUT2D eigenvalue weighted by molar-refractivity contribution is 7.53. The molecule has 10 heteroatoms. The zero-order valence-electron chi connectivity index (χ0n) is 16.4. The molecule has 0 atom stereocenters. The van der Waals surface area contributed by atoms with Crippen molar-refractivity contribution in [3.8, 4) is 0 Å². The summed E-state index contributed by atoms with van der Waals surface area (Å²) in [7, 11) is -3.17. The molecule has 2 aromatic rings. The smallest absolute Gasteiger partial charge is 0.344 e. The van der Waals surface area contributed by atoms with Crippen molar-refractivity contribution in [1.82, 2.24) is 24.8 Å². The molecule has 0 aliphatic heterocycles. The van der Waals surface area contributed by atoms with E-state index in [9.17, 15) is 4.57 Å². The van der Waals surface area contributed by atoms with E-state index in [0.717, 1.165) is 31.6 Å². The average Bonchev–Trinajstić information content (AvgIpc) is 3.17. The van der Waals surface area contributed by atoms with Crippen LogP contribution in [0.3, 0.4) is 0 Å². The summed E-state index contributed by atoms with van der Waals surface area (Å²) in [5, 5.41) is 3.31. The number of hydrogen-bond acceptors (Lipinski definition) is 8. The maximum absolute atomic E-state index is 12.9. The lowest BCUT2D eigenvalue weighted by molar-refractivity contribution is 0.141. The Morgan fingerprint density at radius 3 is 2.48 bits per heavy atom. The first kappa shape index (κ1) is 20.2. The fourth-order valence-electron chi connectivity index (χ4n) is 3.14. The Labute approximate surface area is 159 Å². The Bertz CT molecular complexity index is 819. The normalized spacial score (nSPS) is 16.5. The van der Waals surface area contributed by atoms with Gasteiger partial charge in [-0.2, -0.15) is 0 Å². The van der Waals surface area contributed by atoms with Gasteiger partial charge in [0, 0.05) is 18.5 Å². The van der Waals surface area contributed by atoms with Crippen LogP contribution >= 0.6 is 7.60 Å². The second kappa shape index (κ2) is 7.83. The van der Waals surface area contributed by atoms with Gasteiger partial charge in [-0.15, -0.1) is 0 Å². The molecule has 2 heterocycles. The molecule has 0 unspecified atom stereocenters. The molecule has 27 heavy (non-hydrogen) atoms. The predicted molar refractivity (Wildman–Crippen MR) is 104 cm³/mol. The third-order valence-electron chi connectivity index (χ3n) is 4.44. The molecule has 1 fully saturated rings. The highest BCUT2D eigenvalue weighted by atomic mass is 31.2. The van der Waals surface area contributed by atoms with Gasteiger partial charge in [-0.05, 0) is 40.5 Å². The number of imidazole rings is 1. The molecular formula is C17H29N6O3P. The Hall–Kier alpha value is -1.54. The van der Waals surface area contributed by atoms with Gasteiger partial charge >= 0.3 is 7.60 Å². The fourth-order valence-corrected chi connectivity index (χ4v) is 5.01. The van der Waals surface area contributed by atoms with Crippen molar-refractivity contribution >= 4 is 24.6 Å². The van der Waals surface area contributed by atoms with Crippen molar-refractivity contribution in [1.29, 1.82) is 0 Å². The van der Waals surface area contributed by atoms with Crippen LogP contribution in [0.4, 0.5) is 5.82 Å². The third kappa shape index (κ3) is 5.04. The van der Waals surface area contributed by atoms with E-state index in [1.165, 1.54) is 6.33 Å². The van der Waals surface area contributed by atoms with Crippen molar-refractivity contribution in [2.75, 3.05) is 18.6 Å². The molecule has 1 aliphatic rings. The maximum atomic E-state index is 12.9. The number of nitrogens with one attached hydrogen (secondary N) is 1. The van der Waals surface area contributed by atoms with Gasteiger partial charge in [0.25, 0.3) is 0 Å². The number of fused-ring (bicyclic) bond motifs is 1. The number of nitrogens with two attached hydrogens (primary N) is 1. The molecule has 1 saturated carbocycles. The molecule has 0 aromatic carbocycles. The second-order valence-corrected chi connectivity index (χ2v) is 9.77. The molecule has 3 rings (SSSR count). The van der Waals surface area contributed by atoms with E-state index in [-0.39, 0.29) is 23.9 Å². The lowest BCUT2D eigenvalue weighted by Crippen LogP contribution is -2.29. The summed E-state index contributed by atoms with van der Waals surface area (Å²) >= 11 is 0. The number of nitrogens with zero attached hydrogens (tertiary/aromatic N) is 4. The number of hydrogen-bond donors (Lipinski definition) is 2. The highest BCUT2D eigenvalue weighted by Gasteiger charge is 2.43. The van der Waals surface area contributed by atoms with Gasteiger partial charge in [-0.1, -0.05) is 0 Å². The first-order chi connectivity index (χ1) is 12.7. The van der Waals surface area contributed by atoms with Crippen molar-refractivity contribution in [3.63, 3.8) is 0 Å². The lowest BCUT2D eigenvalue weighted by atomic mass is 10.1. The monoisotopic (exact) mass is 396 g/mol. The molecule has 0 radical (unpaired) electrons. The van der Waals surface area contributed by atoms with Crippen LogP contribution in [-0.4, -0.2) is 44.6 Å². The topological polar surface area (TPSA) is 117 Å². The van der Waals surface area contributed by atoms with E-state index in [1.807, 2.05) is 32.3 Å². The second-order valence-electron chi connectivity index (χ2n) is 7.81. The van der Waals surface area contributed by atoms with Crippen LogP contribution in [0.2, 0.25) is 0 Å². The highest BCUT2D eigenvalue weighted by Crippen LogP contribution is 2.51. The molecule has 1 aliphatic carbocycles. The number of aromatic nitrogens is 4. The summed E-state index contributed by atoms with van der Waals surface area (Å²) in [5.74, 6) is 0.388. The number of nitrogen functional groups attached to an aromatic ring is 1. The quantitative estimate of drug-likeness (QED) is 0.589. The zero-order chi connectivity index (χ0) is 19.7. The third-order valence-corrected chi connectivity index (χ3v) is 6.54. The summed E-state index contributed by atoms with van der Waals surface area (Å²) in [4.78, 5) is 12.6. The van der Waals surface area contributed by atoms with Gasteiger partial charge < -0.3 is 24.7 Å². The minimum absolute atomic E-state index is 0.0911. The van der Waals surface area contributed by atoms with Gasteiger partial charge in [-0.3, -0.25) is 4.57 Å². The number of rotatable bonds is 10. The van der Waals surface area contributed by atoms with E-state index < -0.39 is 7.60 Å². The fraction of sp³-hybridized carbons (Fsp3) is 0.706. The first-order valence-corrected chi connectivity index (χ1v) is 11.0. The van der Waals surface area contributed by atoms with Crippen LogP contribution in [0.5, 0.6) is 0 Å². The number of anilines is 1. The van der Waals surface area contributed by atoms with Crippen molar-refractivity contribution in [2.24, 2.45) is 5.41 Å². The SMILES string of the molecule is CC(C)OP(=O)(CNCC1(Cn2cnc3c(N)ncnc32)CC1)OC(C)C. The van der Waals surface area contributed by atoms with Crippen LogP contribution in [0, 0.1) is 5.41 Å². The Morgan fingerprint density at radius 1 is 1.22 bits per heavy atom. The van der Waals surface area contributed by atoms with Crippen molar-refractivity contribution in [3.05, 3.63) is 12.7 Å². The Morgan fingerprint density at radius 2 is 1.89 bits per heavy atom. The zero-order valence-corrected chi connectivity index (χ0v) is 17.3. The summed E-state index contributed by atoms with van der Waals surface area (Å²) < 4.78 is 26.1. The molecule has 3 N–H and O–H groups in total. The predicted octanol–water partition coefficient (Wildman–Crippen LogP) is 2.78. The molecule has 0 amide bonds. The van der Waals surface area contributed by atoms with E-state index >= 15 is 0 Å². The summed E-state index contributed by atoms with van der Waals surface area (Å²) in [6.07, 6.45) is 5.26. The van der Waals surface area contributed by atoms with E-state index in [4.69, 9.17) is 14.8 Å². The molecule has 2 aromatic heterocycles. The van der Waals surface area contributed by atoms with Gasteiger partial charge in [0.05, 0.1) is 24.8 Å². The van der Waals surface area contributed by atoms with E-state index in [2.05, 4.69) is 20.3 Å². The molecule has 0 saturated heterocycles. The van der Waals surface area contributed by atoms with Crippen LogP contribution in [0.1, 0.15) is 40.5 Å². The average molecular weight is 396 g/mol. The Kier molecular flexibility index (Phi) is 5.86. The van der Waals surface area contributed by atoms with Gasteiger partial charge in [0.2, 0.25) is 0 Å². The minimum atomic E-state index is -3.17. The summed E-state index contributed by atoms with van der Waals surface area (Å²) in [5.41, 5.74) is 7.32. The van der Waals surface area contributed by atoms with Crippen LogP contribution < -0.4 is 11.1 Å². The van der Waals surface area contributed by atoms with Gasteiger partial charge in [0.1, 0.15) is 11.8 Å². The van der Waals surface area contributed by atoms with Crippen LogP contribution in [0.15, 0.2) is 12.7 Å². The van der Waals surface area contributed by atoms with Crippen molar-refractivity contribution < 1.29 is 13.6 Å². The molecular weight excluding hydrogens is 367 g/mol. The summed E-state index contributed by atoms with van der Waals surface area (Å²) in [6.45, 7) is 8.92. The lowest BCUT2D eigenvalue weighted by Gasteiger charge is -2.24. The molecule has 0 bridgehead atoms. The first-order valence-electron chi connectivity index (χ1n) is 9.30. The van der Waals surface area contributed by atoms with Crippen LogP contribution in [0.25, 0.3) is 11.2 Å². The molecule has 0 spiro atoms. The minimum Gasteiger partial charge on any atom is -0.382 e. The van der Waals surface area contributed by atoms with Crippen LogP contribution in [-0.2, 0) is 20.2 Å². The largest absolute Gasteiger partial charge is 0.382 e. The van der Waals surface area contributed by atoms with Gasteiger partial charge in [-0.25, -0.2) is 15.0 Å². The standard InChI is InChI=1S/C17H29N6O3P/c1-12(2)25-27(24,26-13(3)4)11-19-7-17(5-6-17)8-23-10-22-14-15(18)20-9-21-16(14)23/h9-10,12-13,19H,5-8,11H2,1-4H3,(H2,18,20,21). The van der Waals surface area contributed by atoms with E-state index in [0.29, 0.717) is 11.3 Å². The Balaban J connectivity index is 1.61. The van der Waals surface area contributed by atoms with Crippen molar-refractivity contribution in [2.45, 2.75) is 59.3 Å².